The van der Waals surface area contributed by atoms with Gasteiger partial charge in [0, 0.05) is 25.2 Å². The summed E-state index contributed by atoms with van der Waals surface area (Å²) in [6.45, 7) is 10.9. The summed E-state index contributed by atoms with van der Waals surface area (Å²) in [5.41, 5.74) is 0.764. The van der Waals surface area contributed by atoms with E-state index in [0.717, 1.165) is 18.7 Å². The maximum absolute atomic E-state index is 12.8. The van der Waals surface area contributed by atoms with Crippen molar-refractivity contribution < 1.29 is 9.72 Å². The van der Waals surface area contributed by atoms with E-state index in [-0.39, 0.29) is 11.6 Å². The second kappa shape index (κ2) is 9.43. The molecule has 1 aliphatic heterocycles. The van der Waals surface area contributed by atoms with Crippen molar-refractivity contribution in [3.8, 4) is 0 Å². The van der Waals surface area contributed by atoms with E-state index in [1.807, 2.05) is 0 Å². The number of rotatable bonds is 8. The van der Waals surface area contributed by atoms with Crippen LogP contribution in [-0.4, -0.2) is 44.7 Å². The molecule has 1 fully saturated rings. The number of benzene rings is 1. The van der Waals surface area contributed by atoms with Crippen LogP contribution in [0.15, 0.2) is 29.2 Å². The number of nitro groups is 1. The normalized spacial score (nSPS) is 16.4. The number of hydrogen-bond acceptors (Lipinski definition) is 6. The maximum atomic E-state index is 12.8. The molecule has 0 atom stereocenters. The Labute approximate surface area is 169 Å². The van der Waals surface area contributed by atoms with Crippen LogP contribution in [0.5, 0.6) is 0 Å². The summed E-state index contributed by atoms with van der Waals surface area (Å²) in [7, 11) is 0. The Morgan fingerprint density at radius 1 is 1.19 bits per heavy atom. The first-order chi connectivity index (χ1) is 12.7. The van der Waals surface area contributed by atoms with Crippen LogP contribution < -0.4 is 0 Å². The first-order valence-electron chi connectivity index (χ1n) is 8.89. The molecule has 0 aliphatic carbocycles. The Bertz CT molecular complexity index is 735. The van der Waals surface area contributed by atoms with Gasteiger partial charge in [0.05, 0.1) is 16.5 Å². The first-order valence-corrected chi connectivity index (χ1v) is 10.1. The van der Waals surface area contributed by atoms with Gasteiger partial charge in [0.15, 0.2) is 0 Å². The van der Waals surface area contributed by atoms with E-state index in [9.17, 15) is 14.9 Å². The molecule has 1 saturated heterocycles. The van der Waals surface area contributed by atoms with Crippen LogP contribution in [0.4, 0.5) is 5.69 Å². The lowest BCUT2D eigenvalue weighted by Gasteiger charge is -2.29. The fourth-order valence-electron chi connectivity index (χ4n) is 2.89. The van der Waals surface area contributed by atoms with Gasteiger partial charge < -0.3 is 0 Å². The molecule has 1 aromatic carbocycles. The van der Waals surface area contributed by atoms with Crippen molar-refractivity contribution in [3.05, 3.63) is 44.8 Å². The largest absolute Gasteiger partial charge is 0.285 e. The standard InChI is InChI=1S/C19H25N3O3S2/c1-13(2)10-20(11-14(3)4)12-21-18(23)17(27-19(21)26)9-15-5-7-16(8-6-15)22(24)25/h5-9,13-14H,10-12H2,1-4H3. The van der Waals surface area contributed by atoms with Gasteiger partial charge in [-0.1, -0.05) is 51.7 Å². The highest BCUT2D eigenvalue weighted by molar-refractivity contribution is 8.26. The number of thioether (sulfide) groups is 1. The van der Waals surface area contributed by atoms with Gasteiger partial charge in [0.1, 0.15) is 4.32 Å². The Kier molecular flexibility index (Phi) is 7.52. The average Bonchev–Trinajstić information content (AvgIpc) is 2.81. The first kappa shape index (κ1) is 21.5. The highest BCUT2D eigenvalue weighted by Crippen LogP contribution is 2.33. The fourth-order valence-corrected chi connectivity index (χ4v) is 4.13. The van der Waals surface area contributed by atoms with Crippen molar-refractivity contribution in [2.45, 2.75) is 27.7 Å². The number of hydrogen-bond donors (Lipinski definition) is 0. The van der Waals surface area contributed by atoms with Crippen molar-refractivity contribution in [2.24, 2.45) is 11.8 Å². The van der Waals surface area contributed by atoms with Crippen LogP contribution >= 0.6 is 24.0 Å². The third kappa shape index (κ3) is 6.12. The third-order valence-electron chi connectivity index (χ3n) is 3.86. The van der Waals surface area contributed by atoms with Gasteiger partial charge in [-0.05, 0) is 35.6 Å². The predicted molar refractivity (Wildman–Crippen MR) is 114 cm³/mol. The molecule has 0 spiro atoms. The Morgan fingerprint density at radius 2 is 1.74 bits per heavy atom. The molecular weight excluding hydrogens is 382 g/mol. The topological polar surface area (TPSA) is 66.7 Å². The average molecular weight is 408 g/mol. The van der Waals surface area contributed by atoms with Gasteiger partial charge in [-0.2, -0.15) is 0 Å². The molecule has 1 aromatic rings. The Balaban J connectivity index is 2.13. The van der Waals surface area contributed by atoms with E-state index in [1.165, 1.54) is 23.9 Å². The zero-order valence-electron chi connectivity index (χ0n) is 16.0. The highest BCUT2D eigenvalue weighted by Gasteiger charge is 2.33. The predicted octanol–water partition coefficient (Wildman–Crippen LogP) is 4.37. The van der Waals surface area contributed by atoms with Crippen LogP contribution in [0.25, 0.3) is 6.08 Å². The number of non-ortho nitro benzene ring substituents is 1. The molecule has 146 valence electrons. The summed E-state index contributed by atoms with van der Waals surface area (Å²) >= 11 is 6.70. The monoisotopic (exact) mass is 407 g/mol. The van der Waals surface area contributed by atoms with Crippen molar-refractivity contribution in [3.63, 3.8) is 0 Å². The molecule has 0 unspecified atom stereocenters. The maximum Gasteiger partial charge on any atom is 0.269 e. The molecule has 0 bridgehead atoms. The number of nitro benzene ring substituents is 1. The molecule has 1 amide bonds. The zero-order valence-corrected chi connectivity index (χ0v) is 17.7. The van der Waals surface area contributed by atoms with Gasteiger partial charge in [-0.25, -0.2) is 0 Å². The molecule has 0 N–H and O–H groups in total. The summed E-state index contributed by atoms with van der Waals surface area (Å²) in [6, 6.07) is 6.13. The molecule has 2 rings (SSSR count). The summed E-state index contributed by atoms with van der Waals surface area (Å²) in [6.07, 6.45) is 1.73. The van der Waals surface area contributed by atoms with E-state index in [2.05, 4.69) is 32.6 Å². The second-order valence-electron chi connectivity index (χ2n) is 7.42. The van der Waals surface area contributed by atoms with Gasteiger partial charge in [0.2, 0.25) is 0 Å². The lowest BCUT2D eigenvalue weighted by molar-refractivity contribution is -0.384. The van der Waals surface area contributed by atoms with Crippen molar-refractivity contribution >= 4 is 46.0 Å². The van der Waals surface area contributed by atoms with Gasteiger partial charge in [-0.15, -0.1) is 0 Å². The lowest BCUT2D eigenvalue weighted by Crippen LogP contribution is -2.43. The molecule has 8 heteroatoms. The zero-order chi connectivity index (χ0) is 20.1. The summed E-state index contributed by atoms with van der Waals surface area (Å²) in [5.74, 6) is 0.886. The van der Waals surface area contributed by atoms with Crippen LogP contribution in [0.3, 0.4) is 0 Å². The number of nitrogens with zero attached hydrogens (tertiary/aromatic N) is 3. The number of amides is 1. The highest BCUT2D eigenvalue weighted by atomic mass is 32.2. The minimum atomic E-state index is -0.443. The van der Waals surface area contributed by atoms with E-state index in [1.54, 1.807) is 23.1 Å². The molecule has 6 nitrogen and oxygen atoms in total. The fraction of sp³-hybridized carbons (Fsp3) is 0.474. The summed E-state index contributed by atoms with van der Waals surface area (Å²) in [4.78, 5) is 27.6. The van der Waals surface area contributed by atoms with E-state index < -0.39 is 4.92 Å². The van der Waals surface area contributed by atoms with Crippen LogP contribution in [0.2, 0.25) is 0 Å². The number of thiocarbonyl (C=S) groups is 1. The smallest absolute Gasteiger partial charge is 0.269 e. The van der Waals surface area contributed by atoms with E-state index in [0.29, 0.717) is 27.7 Å². The lowest BCUT2D eigenvalue weighted by atomic mass is 10.1. The molecule has 1 heterocycles. The minimum absolute atomic E-state index is 0.0257. The molecule has 0 saturated carbocycles. The van der Waals surface area contributed by atoms with Crippen molar-refractivity contribution in [2.75, 3.05) is 19.8 Å². The molecular formula is C19H25N3O3S2. The summed E-state index contributed by atoms with van der Waals surface area (Å²) in [5, 5.41) is 10.8. The minimum Gasteiger partial charge on any atom is -0.285 e. The molecule has 1 aliphatic rings. The van der Waals surface area contributed by atoms with Gasteiger partial charge in [0.25, 0.3) is 11.6 Å². The third-order valence-corrected chi connectivity index (χ3v) is 5.24. The molecule has 0 radical (unpaired) electrons. The van der Waals surface area contributed by atoms with E-state index >= 15 is 0 Å². The van der Waals surface area contributed by atoms with Gasteiger partial charge >= 0.3 is 0 Å². The summed E-state index contributed by atoms with van der Waals surface area (Å²) < 4.78 is 0.547. The number of carbonyl (C=O) groups excluding carboxylic acids is 1. The second-order valence-corrected chi connectivity index (χ2v) is 9.10. The van der Waals surface area contributed by atoms with Gasteiger partial charge in [-0.3, -0.25) is 24.7 Å². The van der Waals surface area contributed by atoms with Crippen LogP contribution in [0, 0.1) is 22.0 Å². The van der Waals surface area contributed by atoms with E-state index in [4.69, 9.17) is 12.2 Å². The quantitative estimate of drug-likeness (QED) is 0.276. The van der Waals surface area contributed by atoms with Crippen molar-refractivity contribution in [1.82, 2.24) is 9.80 Å². The SMILES string of the molecule is CC(C)CN(CC(C)C)CN1C(=O)C(=Cc2ccc([N+](=O)[O-])cc2)SC1=S. The molecule has 0 aromatic heterocycles. The number of carbonyl (C=O) groups is 1. The van der Waals surface area contributed by atoms with Crippen LogP contribution in [0.1, 0.15) is 33.3 Å². The molecule has 27 heavy (non-hydrogen) atoms. The Hall–Kier alpha value is -1.77. The van der Waals surface area contributed by atoms with Crippen LogP contribution in [-0.2, 0) is 4.79 Å². The Morgan fingerprint density at radius 3 is 2.22 bits per heavy atom. The van der Waals surface area contributed by atoms with Crippen molar-refractivity contribution in [1.29, 1.82) is 0 Å².